The summed E-state index contributed by atoms with van der Waals surface area (Å²) in [6.45, 7) is 4.12. The van der Waals surface area contributed by atoms with E-state index in [0.717, 1.165) is 5.56 Å². The van der Waals surface area contributed by atoms with Crippen LogP contribution in [0.1, 0.15) is 48.5 Å². The van der Waals surface area contributed by atoms with Gasteiger partial charge in [-0.3, -0.25) is 9.59 Å². The Morgan fingerprint density at radius 1 is 1.16 bits per heavy atom. The summed E-state index contributed by atoms with van der Waals surface area (Å²) in [5.41, 5.74) is 1.60. The maximum absolute atomic E-state index is 12.1. The van der Waals surface area contributed by atoms with Crippen molar-refractivity contribution in [1.29, 1.82) is 0 Å². The first-order chi connectivity index (χ1) is 8.99. The second-order valence-electron chi connectivity index (χ2n) is 4.61. The van der Waals surface area contributed by atoms with Crippen LogP contribution < -0.4 is 4.74 Å². The van der Waals surface area contributed by atoms with Gasteiger partial charge in [-0.25, -0.2) is 0 Å². The number of rotatable bonds is 6. The summed E-state index contributed by atoms with van der Waals surface area (Å²) < 4.78 is 9.73. The number of carbonyl (C=O) groups is 2. The molecule has 4 heteroatoms. The lowest BCUT2D eigenvalue weighted by atomic mass is 9.97. The highest BCUT2D eigenvalue weighted by Gasteiger charge is 2.15. The first-order valence-electron chi connectivity index (χ1n) is 6.27. The van der Waals surface area contributed by atoms with Crippen LogP contribution in [0.5, 0.6) is 5.75 Å². The molecule has 0 aliphatic carbocycles. The zero-order valence-electron chi connectivity index (χ0n) is 11.9. The number of Topliss-reactive ketones (excluding diaryl/α,β-unsaturated/α-hetero) is 1. The minimum Gasteiger partial charge on any atom is -0.496 e. The van der Waals surface area contributed by atoms with Gasteiger partial charge in [0.05, 0.1) is 26.2 Å². The van der Waals surface area contributed by atoms with E-state index in [1.165, 1.54) is 14.2 Å². The summed E-state index contributed by atoms with van der Waals surface area (Å²) in [6.07, 6.45) is 0.217. The second-order valence-corrected chi connectivity index (χ2v) is 4.61. The number of ether oxygens (including phenoxy) is 2. The Morgan fingerprint density at radius 3 is 2.37 bits per heavy atom. The maximum atomic E-state index is 12.1. The largest absolute Gasteiger partial charge is 0.496 e. The lowest BCUT2D eigenvalue weighted by Gasteiger charge is -2.11. The van der Waals surface area contributed by atoms with Gasteiger partial charge in [0.2, 0.25) is 0 Å². The van der Waals surface area contributed by atoms with Crippen molar-refractivity contribution in [3.63, 3.8) is 0 Å². The van der Waals surface area contributed by atoms with E-state index in [1.807, 2.05) is 12.1 Å². The number of methoxy groups -OCH3 is 2. The van der Waals surface area contributed by atoms with E-state index in [4.69, 9.17) is 4.74 Å². The fraction of sp³-hybridized carbons (Fsp3) is 0.467. The quantitative estimate of drug-likeness (QED) is 0.585. The van der Waals surface area contributed by atoms with Crippen molar-refractivity contribution in [3.05, 3.63) is 29.3 Å². The normalized spacial score (nSPS) is 10.4. The van der Waals surface area contributed by atoms with Gasteiger partial charge in [0, 0.05) is 6.42 Å². The molecule has 0 N–H and O–H groups in total. The molecular formula is C15H20O4. The average Bonchev–Trinajstić information content (AvgIpc) is 2.43. The summed E-state index contributed by atoms with van der Waals surface area (Å²) in [6, 6.07) is 5.57. The molecule has 0 amide bonds. The standard InChI is InChI=1S/C15H20O4/c1-10(2)11-5-7-14(18-3)12(9-11)13(16)6-8-15(17)19-4/h5,7,9-10H,6,8H2,1-4H3. The van der Waals surface area contributed by atoms with Crippen molar-refractivity contribution >= 4 is 11.8 Å². The van der Waals surface area contributed by atoms with Gasteiger partial charge in [-0.05, 0) is 23.6 Å². The van der Waals surface area contributed by atoms with E-state index >= 15 is 0 Å². The van der Waals surface area contributed by atoms with Crippen molar-refractivity contribution in [1.82, 2.24) is 0 Å². The lowest BCUT2D eigenvalue weighted by molar-refractivity contribution is -0.140. The fourth-order valence-corrected chi connectivity index (χ4v) is 1.75. The van der Waals surface area contributed by atoms with Crippen molar-refractivity contribution in [2.75, 3.05) is 14.2 Å². The van der Waals surface area contributed by atoms with E-state index in [9.17, 15) is 9.59 Å². The molecule has 0 unspecified atom stereocenters. The van der Waals surface area contributed by atoms with Gasteiger partial charge in [-0.15, -0.1) is 0 Å². The van der Waals surface area contributed by atoms with Gasteiger partial charge in [-0.1, -0.05) is 19.9 Å². The number of carbonyl (C=O) groups excluding carboxylic acids is 2. The molecule has 0 atom stereocenters. The third-order valence-corrected chi connectivity index (χ3v) is 2.97. The molecule has 0 bridgehead atoms. The Hall–Kier alpha value is -1.84. The van der Waals surface area contributed by atoms with E-state index in [2.05, 4.69) is 18.6 Å². The summed E-state index contributed by atoms with van der Waals surface area (Å²) in [4.78, 5) is 23.2. The Kier molecular flexibility index (Phi) is 5.55. The highest BCUT2D eigenvalue weighted by atomic mass is 16.5. The van der Waals surface area contributed by atoms with Crippen LogP contribution in [0.25, 0.3) is 0 Å². The predicted molar refractivity (Wildman–Crippen MR) is 72.7 cm³/mol. The zero-order valence-corrected chi connectivity index (χ0v) is 11.9. The molecule has 4 nitrogen and oxygen atoms in total. The molecule has 0 fully saturated rings. The fourth-order valence-electron chi connectivity index (χ4n) is 1.75. The van der Waals surface area contributed by atoms with E-state index in [0.29, 0.717) is 17.2 Å². The summed E-state index contributed by atoms with van der Waals surface area (Å²) in [5, 5.41) is 0. The van der Waals surface area contributed by atoms with Gasteiger partial charge < -0.3 is 9.47 Å². The first-order valence-corrected chi connectivity index (χ1v) is 6.27. The van der Waals surface area contributed by atoms with Gasteiger partial charge in [0.1, 0.15) is 5.75 Å². The third kappa shape index (κ3) is 4.09. The van der Waals surface area contributed by atoms with Crippen LogP contribution in [0.2, 0.25) is 0 Å². The zero-order chi connectivity index (χ0) is 14.4. The molecular weight excluding hydrogens is 244 g/mol. The van der Waals surface area contributed by atoms with Crippen molar-refractivity contribution in [2.24, 2.45) is 0 Å². The first kappa shape index (κ1) is 15.2. The third-order valence-electron chi connectivity index (χ3n) is 2.97. The Bertz CT molecular complexity index is 463. The molecule has 1 rings (SSSR count). The number of ketones is 1. The SMILES string of the molecule is COC(=O)CCC(=O)c1cc(C(C)C)ccc1OC. The summed E-state index contributed by atoms with van der Waals surface area (Å²) in [5.74, 6) is 0.384. The Balaban J connectivity index is 2.93. The van der Waals surface area contributed by atoms with Crippen molar-refractivity contribution in [2.45, 2.75) is 32.6 Å². The van der Waals surface area contributed by atoms with E-state index in [-0.39, 0.29) is 24.6 Å². The van der Waals surface area contributed by atoms with Crippen LogP contribution >= 0.6 is 0 Å². The van der Waals surface area contributed by atoms with Crippen LogP contribution in [-0.2, 0) is 9.53 Å². The van der Waals surface area contributed by atoms with Crippen molar-refractivity contribution < 1.29 is 19.1 Å². The molecule has 0 aromatic heterocycles. The highest BCUT2D eigenvalue weighted by Crippen LogP contribution is 2.25. The lowest BCUT2D eigenvalue weighted by Crippen LogP contribution is -2.08. The number of hydrogen-bond donors (Lipinski definition) is 0. The van der Waals surface area contributed by atoms with Crippen LogP contribution in [0, 0.1) is 0 Å². The van der Waals surface area contributed by atoms with Crippen LogP contribution in [0.4, 0.5) is 0 Å². The molecule has 1 aromatic carbocycles. The van der Waals surface area contributed by atoms with Crippen LogP contribution in [0.15, 0.2) is 18.2 Å². The van der Waals surface area contributed by atoms with Crippen molar-refractivity contribution in [3.8, 4) is 5.75 Å². The summed E-state index contributed by atoms with van der Waals surface area (Å²) in [7, 11) is 2.84. The summed E-state index contributed by atoms with van der Waals surface area (Å²) >= 11 is 0. The Morgan fingerprint density at radius 2 is 1.84 bits per heavy atom. The van der Waals surface area contributed by atoms with Crippen LogP contribution in [0.3, 0.4) is 0 Å². The molecule has 1 aromatic rings. The second kappa shape index (κ2) is 6.92. The molecule has 0 spiro atoms. The average molecular weight is 264 g/mol. The van der Waals surface area contributed by atoms with Gasteiger partial charge in [-0.2, -0.15) is 0 Å². The number of benzene rings is 1. The molecule has 0 saturated carbocycles. The molecule has 0 aliphatic rings. The van der Waals surface area contributed by atoms with Gasteiger partial charge >= 0.3 is 5.97 Å². The molecule has 0 aliphatic heterocycles. The predicted octanol–water partition coefficient (Wildman–Crippen LogP) is 2.95. The Labute approximate surface area is 113 Å². The van der Waals surface area contributed by atoms with E-state index < -0.39 is 0 Å². The smallest absolute Gasteiger partial charge is 0.305 e. The van der Waals surface area contributed by atoms with Gasteiger partial charge in [0.25, 0.3) is 0 Å². The molecule has 0 heterocycles. The molecule has 19 heavy (non-hydrogen) atoms. The maximum Gasteiger partial charge on any atom is 0.305 e. The van der Waals surface area contributed by atoms with Gasteiger partial charge in [0.15, 0.2) is 5.78 Å². The molecule has 0 radical (unpaired) electrons. The topological polar surface area (TPSA) is 52.6 Å². The molecule has 0 saturated heterocycles. The minimum atomic E-state index is -0.382. The molecule has 104 valence electrons. The van der Waals surface area contributed by atoms with Crippen LogP contribution in [-0.4, -0.2) is 26.0 Å². The number of esters is 1. The number of hydrogen-bond acceptors (Lipinski definition) is 4. The monoisotopic (exact) mass is 264 g/mol. The highest BCUT2D eigenvalue weighted by molar-refractivity contribution is 6.00. The van der Waals surface area contributed by atoms with E-state index in [1.54, 1.807) is 6.07 Å². The minimum absolute atomic E-state index is 0.0877.